The highest BCUT2D eigenvalue weighted by molar-refractivity contribution is 5.78. The van der Waals surface area contributed by atoms with Gasteiger partial charge in [-0.15, -0.1) is 0 Å². The van der Waals surface area contributed by atoms with Crippen molar-refractivity contribution >= 4 is 11.8 Å². The molecule has 0 unspecified atom stereocenters. The molecule has 2 amide bonds. The van der Waals surface area contributed by atoms with Crippen LogP contribution in [-0.2, 0) is 19.1 Å². The maximum atomic E-state index is 12.8. The van der Waals surface area contributed by atoms with Crippen LogP contribution >= 0.6 is 0 Å². The van der Waals surface area contributed by atoms with Crippen LogP contribution in [-0.4, -0.2) is 119 Å². The summed E-state index contributed by atoms with van der Waals surface area (Å²) < 4.78 is 11.5. The Hall–Kier alpha value is -1.22. The van der Waals surface area contributed by atoms with E-state index in [9.17, 15) is 9.59 Å². The lowest BCUT2D eigenvalue weighted by molar-refractivity contribution is -0.157. The van der Waals surface area contributed by atoms with Crippen molar-refractivity contribution in [3.05, 3.63) is 0 Å². The highest BCUT2D eigenvalue weighted by Gasteiger charge is 2.49. The van der Waals surface area contributed by atoms with Crippen LogP contribution in [0.5, 0.6) is 0 Å². The van der Waals surface area contributed by atoms with Gasteiger partial charge in [-0.05, 0) is 146 Å². The highest BCUT2D eigenvalue weighted by atomic mass is 16.5. The van der Waals surface area contributed by atoms with E-state index >= 15 is 0 Å². The molecule has 0 aliphatic carbocycles. The van der Waals surface area contributed by atoms with Gasteiger partial charge in [0.25, 0.3) is 0 Å². The minimum atomic E-state index is -0.281. The summed E-state index contributed by atoms with van der Waals surface area (Å²) in [6.07, 6.45) is 8.21. The lowest BCUT2D eigenvalue weighted by Crippen LogP contribution is -2.64. The van der Waals surface area contributed by atoms with Gasteiger partial charge in [0, 0.05) is 42.7 Å². The van der Waals surface area contributed by atoms with Gasteiger partial charge in [-0.3, -0.25) is 19.4 Å². The zero-order valence-corrected chi connectivity index (χ0v) is 29.4. The van der Waals surface area contributed by atoms with Crippen LogP contribution < -0.4 is 0 Å². The molecule has 0 aromatic carbocycles. The standard InChI is InChI=1S/C35H64N4O4/c1-30(2,3)42-23-28(40)36-18-13-34(25-36)14-19-38(20-15-34)32(7,8)11-12-33(9,10)39-21-16-35(17-22-39)26-37(27-35)29(41)24-43-31(4,5)6/h11-27H2,1-10H3. The van der Waals surface area contributed by atoms with Gasteiger partial charge in [0.15, 0.2) is 0 Å². The molecular formula is C35H64N4O4. The van der Waals surface area contributed by atoms with Crippen LogP contribution in [0.15, 0.2) is 0 Å². The van der Waals surface area contributed by atoms with E-state index in [1.807, 2.05) is 46.4 Å². The van der Waals surface area contributed by atoms with Crippen molar-refractivity contribution in [2.75, 3.05) is 65.6 Å². The Morgan fingerprint density at radius 3 is 1.30 bits per heavy atom. The first-order valence-electron chi connectivity index (χ1n) is 17.1. The molecule has 0 atom stereocenters. The summed E-state index contributed by atoms with van der Waals surface area (Å²) in [5.41, 5.74) is 0.366. The second kappa shape index (κ2) is 12.5. The maximum absolute atomic E-state index is 12.8. The minimum absolute atomic E-state index is 0.138. The summed E-state index contributed by atoms with van der Waals surface area (Å²) in [4.78, 5) is 34.8. The van der Waals surface area contributed by atoms with E-state index in [1.54, 1.807) is 0 Å². The molecular weight excluding hydrogens is 540 g/mol. The SMILES string of the molecule is CC(C)(C)OCC(=O)N1CCC2(CCN(C(C)(C)CCC(C)(C)N3CCC4(CC3)CN(C(=O)COC(C)(C)C)C4)CC2)C1. The predicted molar refractivity (Wildman–Crippen MR) is 173 cm³/mol. The molecule has 4 aliphatic rings. The van der Waals surface area contributed by atoms with Crippen molar-refractivity contribution in [2.45, 2.75) is 136 Å². The van der Waals surface area contributed by atoms with E-state index in [0.29, 0.717) is 5.41 Å². The Balaban J connectivity index is 1.18. The first-order chi connectivity index (χ1) is 19.7. The molecule has 0 aromatic rings. The van der Waals surface area contributed by atoms with Crippen LogP contribution in [0.2, 0.25) is 0 Å². The number of likely N-dealkylation sites (tertiary alicyclic amines) is 4. The van der Waals surface area contributed by atoms with Crippen LogP contribution in [0.4, 0.5) is 0 Å². The van der Waals surface area contributed by atoms with E-state index < -0.39 is 0 Å². The predicted octanol–water partition coefficient (Wildman–Crippen LogP) is 5.19. The molecule has 43 heavy (non-hydrogen) atoms. The molecule has 0 bridgehead atoms. The third kappa shape index (κ3) is 8.95. The molecule has 4 fully saturated rings. The summed E-state index contributed by atoms with van der Waals surface area (Å²) in [5.74, 6) is 0.285. The Labute approximate surface area is 263 Å². The molecule has 4 rings (SSSR count). The molecule has 0 saturated carbocycles. The normalized spacial score (nSPS) is 23.7. The fraction of sp³-hybridized carbons (Fsp3) is 0.943. The maximum Gasteiger partial charge on any atom is 0.248 e. The molecule has 4 heterocycles. The fourth-order valence-corrected chi connectivity index (χ4v) is 7.65. The molecule has 8 heteroatoms. The smallest absolute Gasteiger partial charge is 0.248 e. The average Bonchev–Trinajstić information content (AvgIpc) is 3.31. The first-order valence-corrected chi connectivity index (χ1v) is 17.1. The molecule has 0 radical (unpaired) electrons. The van der Waals surface area contributed by atoms with Gasteiger partial charge in [-0.25, -0.2) is 0 Å². The van der Waals surface area contributed by atoms with Crippen molar-refractivity contribution in [1.82, 2.24) is 19.6 Å². The Bertz CT molecular complexity index is 971. The van der Waals surface area contributed by atoms with Crippen LogP contribution in [0.1, 0.15) is 114 Å². The summed E-state index contributed by atoms with van der Waals surface area (Å²) in [6, 6.07) is 0. The third-order valence-electron chi connectivity index (χ3n) is 11.2. The molecule has 4 saturated heterocycles. The van der Waals surface area contributed by atoms with E-state index in [2.05, 4.69) is 42.4 Å². The zero-order valence-electron chi connectivity index (χ0n) is 29.4. The van der Waals surface area contributed by atoms with Gasteiger partial charge in [-0.2, -0.15) is 0 Å². The summed E-state index contributed by atoms with van der Waals surface area (Å²) >= 11 is 0. The number of carbonyl (C=O) groups is 2. The van der Waals surface area contributed by atoms with Gasteiger partial charge in [0.1, 0.15) is 13.2 Å². The molecule has 4 aliphatic heterocycles. The minimum Gasteiger partial charge on any atom is -0.366 e. The fourth-order valence-electron chi connectivity index (χ4n) is 7.65. The van der Waals surface area contributed by atoms with Crippen molar-refractivity contribution in [2.24, 2.45) is 10.8 Å². The quantitative estimate of drug-likeness (QED) is 0.361. The van der Waals surface area contributed by atoms with E-state index in [-0.39, 0.29) is 52.7 Å². The molecule has 0 N–H and O–H groups in total. The number of nitrogens with zero attached hydrogens (tertiary/aromatic N) is 4. The van der Waals surface area contributed by atoms with Crippen molar-refractivity contribution in [1.29, 1.82) is 0 Å². The van der Waals surface area contributed by atoms with E-state index in [4.69, 9.17) is 9.47 Å². The van der Waals surface area contributed by atoms with Gasteiger partial charge in [-0.1, -0.05) is 0 Å². The monoisotopic (exact) mass is 604 g/mol. The molecule has 0 aromatic heterocycles. The number of hydrogen-bond donors (Lipinski definition) is 0. The van der Waals surface area contributed by atoms with E-state index in [0.717, 1.165) is 58.8 Å². The van der Waals surface area contributed by atoms with Crippen molar-refractivity contribution in [3.63, 3.8) is 0 Å². The zero-order chi connectivity index (χ0) is 31.9. The number of amides is 2. The summed E-state index contributed by atoms with van der Waals surface area (Å²) in [6.45, 7) is 30.2. The number of rotatable bonds is 9. The Kier molecular flexibility index (Phi) is 10.1. The number of hydrogen-bond acceptors (Lipinski definition) is 6. The van der Waals surface area contributed by atoms with E-state index in [1.165, 1.54) is 38.5 Å². The number of ether oxygens (including phenoxy) is 2. The lowest BCUT2D eigenvalue weighted by Gasteiger charge is -2.56. The topological polar surface area (TPSA) is 65.6 Å². The number of carbonyl (C=O) groups excluding carboxylic acids is 2. The molecule has 2 spiro atoms. The Morgan fingerprint density at radius 2 is 0.884 bits per heavy atom. The summed E-state index contributed by atoms with van der Waals surface area (Å²) in [5, 5.41) is 0. The van der Waals surface area contributed by atoms with Crippen LogP contribution in [0.3, 0.4) is 0 Å². The summed E-state index contributed by atoms with van der Waals surface area (Å²) in [7, 11) is 0. The van der Waals surface area contributed by atoms with Gasteiger partial charge >= 0.3 is 0 Å². The van der Waals surface area contributed by atoms with Gasteiger partial charge in [0.05, 0.1) is 11.2 Å². The van der Waals surface area contributed by atoms with Gasteiger partial charge in [0.2, 0.25) is 11.8 Å². The van der Waals surface area contributed by atoms with Gasteiger partial charge < -0.3 is 19.3 Å². The lowest BCUT2D eigenvalue weighted by atomic mass is 9.71. The van der Waals surface area contributed by atoms with Crippen LogP contribution in [0, 0.1) is 10.8 Å². The van der Waals surface area contributed by atoms with Crippen molar-refractivity contribution < 1.29 is 19.1 Å². The second-order valence-corrected chi connectivity index (χ2v) is 17.7. The highest BCUT2D eigenvalue weighted by Crippen LogP contribution is 2.44. The van der Waals surface area contributed by atoms with Crippen LogP contribution in [0.25, 0.3) is 0 Å². The molecule has 248 valence electrons. The largest absolute Gasteiger partial charge is 0.366 e. The first kappa shape index (κ1) is 34.6. The second-order valence-electron chi connectivity index (χ2n) is 17.7. The average molecular weight is 605 g/mol. The third-order valence-corrected chi connectivity index (χ3v) is 11.2. The Morgan fingerprint density at radius 1 is 0.535 bits per heavy atom. The van der Waals surface area contributed by atoms with Crippen molar-refractivity contribution in [3.8, 4) is 0 Å². The number of piperidine rings is 2. The molecule has 8 nitrogen and oxygen atoms in total.